The molecule has 4 atom stereocenters. The quantitative estimate of drug-likeness (QED) is 0.633. The summed E-state index contributed by atoms with van der Waals surface area (Å²) in [7, 11) is 2.79. The van der Waals surface area contributed by atoms with Gasteiger partial charge in [0.05, 0.1) is 7.11 Å². The molecule has 2 heterocycles. The van der Waals surface area contributed by atoms with Crippen LogP contribution in [0.4, 0.5) is 0 Å². The summed E-state index contributed by atoms with van der Waals surface area (Å²) in [4.78, 5) is 39.5. The zero-order chi connectivity index (χ0) is 18.5. The molecule has 2 aliphatic heterocycles. The lowest BCUT2D eigenvalue weighted by atomic mass is 9.73. The number of likely N-dealkylation sites (tertiary alicyclic amines) is 1. The minimum absolute atomic E-state index is 0.187. The van der Waals surface area contributed by atoms with Crippen molar-refractivity contribution in [3.8, 4) is 0 Å². The Labute approximate surface area is 151 Å². The van der Waals surface area contributed by atoms with Crippen LogP contribution in [0.25, 0.3) is 0 Å². The number of carbonyl (C=O) groups is 3. The zero-order valence-electron chi connectivity index (χ0n) is 14.7. The van der Waals surface area contributed by atoms with E-state index in [-0.39, 0.29) is 23.8 Å². The molecule has 3 rings (SSSR count). The number of imide groups is 1. The van der Waals surface area contributed by atoms with Crippen molar-refractivity contribution >= 4 is 29.4 Å². The van der Waals surface area contributed by atoms with E-state index < -0.39 is 23.3 Å². The number of fused-ring (bicyclic) bond motifs is 1. The highest BCUT2D eigenvalue weighted by atomic mass is 35.5. The molecule has 0 aliphatic carbocycles. The van der Waals surface area contributed by atoms with Gasteiger partial charge in [-0.3, -0.25) is 14.5 Å². The fourth-order valence-corrected chi connectivity index (χ4v) is 4.48. The monoisotopic (exact) mass is 365 g/mol. The molecular weight excluding hydrogens is 344 g/mol. The van der Waals surface area contributed by atoms with Crippen molar-refractivity contribution in [1.82, 2.24) is 4.90 Å². The van der Waals surface area contributed by atoms with E-state index >= 15 is 0 Å². The molecule has 1 aromatic carbocycles. The number of esters is 1. The maximum absolute atomic E-state index is 12.8. The Morgan fingerprint density at radius 1 is 1.24 bits per heavy atom. The van der Waals surface area contributed by atoms with E-state index in [9.17, 15) is 14.4 Å². The average molecular weight is 366 g/mol. The highest BCUT2D eigenvalue weighted by molar-refractivity contribution is 6.30. The summed E-state index contributed by atoms with van der Waals surface area (Å²) in [6, 6.07) is 6.83. The van der Waals surface area contributed by atoms with E-state index in [1.54, 1.807) is 12.1 Å². The topological polar surface area (TPSA) is 80.3 Å². The number of amides is 2. The second kappa shape index (κ2) is 6.11. The van der Waals surface area contributed by atoms with Crippen LogP contribution >= 0.6 is 11.6 Å². The molecule has 134 valence electrons. The van der Waals surface area contributed by atoms with E-state index in [1.807, 2.05) is 31.3 Å². The Morgan fingerprint density at radius 2 is 1.84 bits per heavy atom. The van der Waals surface area contributed by atoms with Crippen molar-refractivity contribution in [2.24, 2.45) is 17.8 Å². The zero-order valence-corrected chi connectivity index (χ0v) is 15.4. The lowest BCUT2D eigenvalue weighted by Crippen LogP contribution is -2.99. The Morgan fingerprint density at radius 3 is 2.36 bits per heavy atom. The van der Waals surface area contributed by atoms with E-state index in [4.69, 9.17) is 16.3 Å². The molecule has 2 saturated heterocycles. The molecule has 25 heavy (non-hydrogen) atoms. The molecule has 2 N–H and O–H groups in total. The molecule has 0 radical (unpaired) electrons. The van der Waals surface area contributed by atoms with Crippen molar-refractivity contribution in [2.45, 2.75) is 25.4 Å². The Kier molecular flexibility index (Phi) is 4.37. The maximum Gasteiger partial charge on any atom is 0.368 e. The summed E-state index contributed by atoms with van der Waals surface area (Å²) in [5.41, 5.74) is -0.261. The van der Waals surface area contributed by atoms with Gasteiger partial charge in [0.1, 0.15) is 17.9 Å². The van der Waals surface area contributed by atoms with E-state index in [1.165, 1.54) is 14.2 Å². The van der Waals surface area contributed by atoms with Crippen molar-refractivity contribution in [3.05, 3.63) is 34.9 Å². The molecule has 0 spiro atoms. The minimum atomic E-state index is -1.12. The van der Waals surface area contributed by atoms with Gasteiger partial charge in [-0.25, -0.2) is 4.79 Å². The minimum Gasteiger partial charge on any atom is -0.464 e. The molecule has 0 unspecified atom stereocenters. The number of rotatable bonds is 3. The lowest BCUT2D eigenvalue weighted by Gasteiger charge is -2.32. The Bertz CT molecular complexity index is 733. The molecule has 0 saturated carbocycles. The molecule has 7 heteroatoms. The fraction of sp³-hybridized carbons (Fsp3) is 0.500. The van der Waals surface area contributed by atoms with Gasteiger partial charge >= 0.3 is 5.97 Å². The molecule has 2 amide bonds. The summed E-state index contributed by atoms with van der Waals surface area (Å²) >= 11 is 5.97. The van der Waals surface area contributed by atoms with Gasteiger partial charge in [0, 0.05) is 23.6 Å². The van der Waals surface area contributed by atoms with Crippen LogP contribution in [0.3, 0.4) is 0 Å². The smallest absolute Gasteiger partial charge is 0.368 e. The third-order valence-corrected chi connectivity index (χ3v) is 5.93. The van der Waals surface area contributed by atoms with E-state index in [2.05, 4.69) is 0 Å². The highest BCUT2D eigenvalue weighted by Gasteiger charge is 2.73. The van der Waals surface area contributed by atoms with Crippen molar-refractivity contribution < 1.29 is 24.4 Å². The van der Waals surface area contributed by atoms with Gasteiger partial charge in [-0.1, -0.05) is 37.6 Å². The normalized spacial score (nSPS) is 31.6. The number of carbonyl (C=O) groups excluding carboxylic acids is 3. The molecule has 0 aromatic heterocycles. The molecule has 2 fully saturated rings. The summed E-state index contributed by atoms with van der Waals surface area (Å²) in [5.74, 6) is -2.56. The molecular formula is C18H22ClN2O4+. The van der Waals surface area contributed by atoms with E-state index in [0.717, 1.165) is 10.5 Å². The predicted octanol–water partition coefficient (Wildman–Crippen LogP) is 0.757. The van der Waals surface area contributed by atoms with Crippen LogP contribution in [0, 0.1) is 17.8 Å². The van der Waals surface area contributed by atoms with Crippen molar-refractivity contribution in [2.75, 3.05) is 14.2 Å². The first-order valence-corrected chi connectivity index (χ1v) is 8.64. The Balaban J connectivity index is 2.17. The second-order valence-electron chi connectivity index (χ2n) is 7.06. The number of ether oxygens (including phenoxy) is 1. The number of hydrogen-bond acceptors (Lipinski definition) is 4. The second-order valence-corrected chi connectivity index (χ2v) is 7.50. The molecule has 1 aromatic rings. The fourth-order valence-electron chi connectivity index (χ4n) is 4.35. The molecule has 0 bridgehead atoms. The van der Waals surface area contributed by atoms with Gasteiger partial charge in [0.2, 0.25) is 17.4 Å². The maximum atomic E-state index is 12.8. The molecule has 6 nitrogen and oxygen atoms in total. The first-order chi connectivity index (χ1) is 11.8. The van der Waals surface area contributed by atoms with Gasteiger partial charge in [-0.15, -0.1) is 0 Å². The van der Waals surface area contributed by atoms with Crippen LogP contribution in [-0.4, -0.2) is 42.4 Å². The van der Waals surface area contributed by atoms with Crippen molar-refractivity contribution in [3.63, 3.8) is 0 Å². The summed E-state index contributed by atoms with van der Waals surface area (Å²) in [6.07, 6.45) is 0. The SMILES string of the molecule is COC(=O)[C@]1(C(C)C)[NH2+][C@@H](c2ccc(Cl)cc2)[C@H]2C(=O)N(C)C(=O)[C@@H]21. The Hall–Kier alpha value is -1.92. The third-order valence-electron chi connectivity index (χ3n) is 5.68. The third kappa shape index (κ3) is 2.39. The van der Waals surface area contributed by atoms with Crippen LogP contribution in [0.1, 0.15) is 25.5 Å². The number of methoxy groups -OCH3 is 1. The van der Waals surface area contributed by atoms with Crippen LogP contribution in [0.5, 0.6) is 0 Å². The predicted molar refractivity (Wildman–Crippen MR) is 90.5 cm³/mol. The van der Waals surface area contributed by atoms with E-state index in [0.29, 0.717) is 5.02 Å². The van der Waals surface area contributed by atoms with Gasteiger partial charge in [-0.2, -0.15) is 0 Å². The van der Waals surface area contributed by atoms with Gasteiger partial charge in [0.15, 0.2) is 0 Å². The highest BCUT2D eigenvalue weighted by Crippen LogP contribution is 2.46. The van der Waals surface area contributed by atoms with Gasteiger partial charge in [-0.05, 0) is 12.1 Å². The van der Waals surface area contributed by atoms with Crippen LogP contribution < -0.4 is 5.32 Å². The first kappa shape index (κ1) is 17.9. The number of benzene rings is 1. The van der Waals surface area contributed by atoms with Crippen LogP contribution in [0.2, 0.25) is 5.02 Å². The lowest BCUT2D eigenvalue weighted by molar-refractivity contribution is -0.740. The van der Waals surface area contributed by atoms with Gasteiger partial charge < -0.3 is 10.1 Å². The number of quaternary nitrogens is 1. The molecule has 2 aliphatic rings. The number of halogens is 1. The van der Waals surface area contributed by atoms with Gasteiger partial charge in [0.25, 0.3) is 0 Å². The van der Waals surface area contributed by atoms with Crippen molar-refractivity contribution in [1.29, 1.82) is 0 Å². The average Bonchev–Trinajstić information content (AvgIpc) is 3.06. The number of nitrogens with zero attached hydrogens (tertiary/aromatic N) is 1. The summed E-state index contributed by atoms with van der Waals surface area (Å²) < 4.78 is 5.06. The first-order valence-electron chi connectivity index (χ1n) is 8.27. The summed E-state index contributed by atoms with van der Waals surface area (Å²) in [6.45, 7) is 3.76. The number of nitrogens with two attached hydrogens (primary N) is 1. The largest absolute Gasteiger partial charge is 0.464 e. The summed E-state index contributed by atoms with van der Waals surface area (Å²) in [5, 5.41) is 2.44. The number of hydrogen-bond donors (Lipinski definition) is 1. The van der Waals surface area contributed by atoms with Crippen LogP contribution in [0.15, 0.2) is 24.3 Å². The standard InChI is InChI=1S/C18H21ClN2O4/c1-9(2)18(17(24)25-4)13-12(15(22)21(3)16(13)23)14(20-18)10-5-7-11(19)8-6-10/h5-9,12-14,20H,1-4H3/p+1/t12-,13+,14-,18+/m0/s1. The van der Waals surface area contributed by atoms with Crippen LogP contribution in [-0.2, 0) is 19.1 Å².